The number of nitrogens with two attached hydrogens (primary N) is 1. The molecule has 0 amide bonds. The maximum atomic E-state index is 5.43. The van der Waals surface area contributed by atoms with Gasteiger partial charge in [0.05, 0.1) is 5.69 Å². The van der Waals surface area contributed by atoms with Gasteiger partial charge in [0, 0.05) is 12.7 Å². The van der Waals surface area contributed by atoms with Crippen molar-refractivity contribution in [2.75, 3.05) is 6.54 Å². The van der Waals surface area contributed by atoms with Crippen molar-refractivity contribution in [3.05, 3.63) is 11.9 Å². The monoisotopic (exact) mass is 196 g/mol. The van der Waals surface area contributed by atoms with Crippen LogP contribution >= 0.6 is 0 Å². The highest BCUT2D eigenvalue weighted by Gasteiger charge is 1.99. The highest BCUT2D eigenvalue weighted by Crippen LogP contribution is 2.00. The Morgan fingerprint density at radius 1 is 1.36 bits per heavy atom. The van der Waals surface area contributed by atoms with Gasteiger partial charge in [0.25, 0.3) is 0 Å². The lowest BCUT2D eigenvalue weighted by Gasteiger charge is -1.97. The van der Waals surface area contributed by atoms with E-state index < -0.39 is 0 Å². The average Bonchev–Trinajstić information content (AvgIpc) is 2.63. The summed E-state index contributed by atoms with van der Waals surface area (Å²) in [5.74, 6) is 0. The number of hydrogen-bond acceptors (Lipinski definition) is 3. The molecule has 0 aliphatic rings. The molecule has 1 aromatic rings. The first-order valence-corrected chi connectivity index (χ1v) is 5.46. The van der Waals surface area contributed by atoms with Crippen LogP contribution in [-0.2, 0) is 13.0 Å². The molecule has 0 bridgehead atoms. The molecule has 0 unspecified atom stereocenters. The second kappa shape index (κ2) is 6.54. The van der Waals surface area contributed by atoms with Crippen LogP contribution in [-0.4, -0.2) is 21.5 Å². The lowest BCUT2D eigenvalue weighted by Crippen LogP contribution is -2.00. The topological polar surface area (TPSA) is 56.7 Å². The lowest BCUT2D eigenvalue weighted by molar-refractivity contribution is 0.537. The minimum atomic E-state index is 0.725. The van der Waals surface area contributed by atoms with E-state index in [-0.39, 0.29) is 0 Å². The van der Waals surface area contributed by atoms with Gasteiger partial charge in [-0.05, 0) is 25.8 Å². The number of hydrogen-bond donors (Lipinski definition) is 1. The van der Waals surface area contributed by atoms with Gasteiger partial charge >= 0.3 is 0 Å². The normalized spacial score (nSPS) is 10.7. The summed E-state index contributed by atoms with van der Waals surface area (Å²) in [5.41, 5.74) is 6.49. The van der Waals surface area contributed by atoms with Crippen molar-refractivity contribution in [1.82, 2.24) is 15.0 Å². The predicted octanol–water partition coefficient (Wildman–Crippen LogP) is 1.36. The third-order valence-corrected chi connectivity index (χ3v) is 2.21. The molecule has 0 aliphatic heterocycles. The zero-order valence-electron chi connectivity index (χ0n) is 8.95. The van der Waals surface area contributed by atoms with Crippen molar-refractivity contribution in [1.29, 1.82) is 0 Å². The Balaban J connectivity index is 2.27. The van der Waals surface area contributed by atoms with Crippen molar-refractivity contribution in [2.24, 2.45) is 5.73 Å². The van der Waals surface area contributed by atoms with Gasteiger partial charge in [-0.1, -0.05) is 25.0 Å². The van der Waals surface area contributed by atoms with Gasteiger partial charge in [0.15, 0.2) is 0 Å². The summed E-state index contributed by atoms with van der Waals surface area (Å²) in [6, 6.07) is 0. The quantitative estimate of drug-likeness (QED) is 0.670. The van der Waals surface area contributed by atoms with Crippen molar-refractivity contribution < 1.29 is 0 Å². The molecule has 0 saturated heterocycles. The van der Waals surface area contributed by atoms with Crippen molar-refractivity contribution in [3.8, 4) is 0 Å². The summed E-state index contributed by atoms with van der Waals surface area (Å²) >= 11 is 0. The molecule has 0 atom stereocenters. The van der Waals surface area contributed by atoms with E-state index in [9.17, 15) is 0 Å². The number of aryl methyl sites for hydroxylation is 2. The Labute approximate surface area is 85.5 Å². The van der Waals surface area contributed by atoms with Gasteiger partial charge in [-0.3, -0.25) is 4.68 Å². The van der Waals surface area contributed by atoms with Crippen molar-refractivity contribution >= 4 is 0 Å². The minimum Gasteiger partial charge on any atom is -0.330 e. The summed E-state index contributed by atoms with van der Waals surface area (Å²) in [4.78, 5) is 0. The summed E-state index contributed by atoms with van der Waals surface area (Å²) in [6.45, 7) is 3.92. The molecular weight excluding hydrogens is 176 g/mol. The van der Waals surface area contributed by atoms with E-state index in [1.54, 1.807) is 0 Å². The Kier molecular flexibility index (Phi) is 5.22. The van der Waals surface area contributed by atoms with Crippen molar-refractivity contribution in [2.45, 2.75) is 45.6 Å². The largest absolute Gasteiger partial charge is 0.330 e. The zero-order chi connectivity index (χ0) is 10.2. The van der Waals surface area contributed by atoms with E-state index >= 15 is 0 Å². The summed E-state index contributed by atoms with van der Waals surface area (Å²) in [7, 11) is 0. The molecule has 4 heteroatoms. The second-order valence-corrected chi connectivity index (χ2v) is 3.57. The number of nitrogens with zero attached hydrogens (tertiary/aromatic N) is 3. The third-order valence-electron chi connectivity index (χ3n) is 2.21. The van der Waals surface area contributed by atoms with E-state index in [1.807, 2.05) is 10.9 Å². The molecule has 1 aromatic heterocycles. The SMILES string of the molecule is CCCCCn1cc(CCCN)nn1. The summed E-state index contributed by atoms with van der Waals surface area (Å²) in [5, 5.41) is 8.16. The third kappa shape index (κ3) is 3.87. The number of rotatable bonds is 7. The molecule has 80 valence electrons. The van der Waals surface area contributed by atoms with Gasteiger partial charge in [-0.25, -0.2) is 0 Å². The van der Waals surface area contributed by atoms with Gasteiger partial charge in [0.1, 0.15) is 0 Å². The van der Waals surface area contributed by atoms with E-state index in [0.717, 1.165) is 31.6 Å². The highest BCUT2D eigenvalue weighted by atomic mass is 15.4. The summed E-state index contributed by atoms with van der Waals surface area (Å²) < 4.78 is 1.93. The molecule has 0 saturated carbocycles. The van der Waals surface area contributed by atoms with E-state index in [2.05, 4.69) is 17.2 Å². The van der Waals surface area contributed by atoms with Crippen LogP contribution in [0, 0.1) is 0 Å². The smallest absolute Gasteiger partial charge is 0.0827 e. The molecule has 0 spiro atoms. The molecule has 0 aliphatic carbocycles. The van der Waals surface area contributed by atoms with Gasteiger partial charge in [-0.2, -0.15) is 0 Å². The Hall–Kier alpha value is -0.900. The van der Waals surface area contributed by atoms with Crippen LogP contribution in [0.2, 0.25) is 0 Å². The second-order valence-electron chi connectivity index (χ2n) is 3.57. The first-order chi connectivity index (χ1) is 6.86. The molecule has 1 heterocycles. The van der Waals surface area contributed by atoms with Gasteiger partial charge in [-0.15, -0.1) is 5.10 Å². The van der Waals surface area contributed by atoms with Crippen LogP contribution < -0.4 is 5.73 Å². The fraction of sp³-hybridized carbons (Fsp3) is 0.800. The van der Waals surface area contributed by atoms with Crippen LogP contribution in [0.1, 0.15) is 38.3 Å². The Bertz CT molecular complexity index is 244. The predicted molar refractivity (Wildman–Crippen MR) is 56.9 cm³/mol. The zero-order valence-corrected chi connectivity index (χ0v) is 8.95. The first kappa shape index (κ1) is 11.2. The van der Waals surface area contributed by atoms with E-state index in [0.29, 0.717) is 0 Å². The fourth-order valence-corrected chi connectivity index (χ4v) is 1.37. The maximum Gasteiger partial charge on any atom is 0.0827 e. The van der Waals surface area contributed by atoms with Crippen LogP contribution in [0.25, 0.3) is 0 Å². The molecule has 0 aromatic carbocycles. The highest BCUT2D eigenvalue weighted by molar-refractivity contribution is 4.92. The van der Waals surface area contributed by atoms with Crippen molar-refractivity contribution in [3.63, 3.8) is 0 Å². The van der Waals surface area contributed by atoms with Crippen LogP contribution in [0.3, 0.4) is 0 Å². The van der Waals surface area contributed by atoms with Gasteiger partial charge in [0.2, 0.25) is 0 Å². The maximum absolute atomic E-state index is 5.43. The minimum absolute atomic E-state index is 0.725. The fourth-order valence-electron chi connectivity index (χ4n) is 1.37. The van der Waals surface area contributed by atoms with E-state index in [4.69, 9.17) is 5.73 Å². The molecule has 0 radical (unpaired) electrons. The van der Waals surface area contributed by atoms with Gasteiger partial charge < -0.3 is 5.73 Å². The average molecular weight is 196 g/mol. The molecule has 0 fully saturated rings. The molecule has 14 heavy (non-hydrogen) atoms. The molecule has 1 rings (SSSR count). The first-order valence-electron chi connectivity index (χ1n) is 5.46. The molecule has 4 nitrogen and oxygen atoms in total. The Morgan fingerprint density at radius 2 is 2.21 bits per heavy atom. The standard InChI is InChI=1S/C10H20N4/c1-2-3-4-8-14-9-10(12-13-14)6-5-7-11/h9H,2-8,11H2,1H3. The van der Waals surface area contributed by atoms with E-state index in [1.165, 1.54) is 19.3 Å². The number of aromatic nitrogens is 3. The van der Waals surface area contributed by atoms with Crippen LogP contribution in [0.5, 0.6) is 0 Å². The Morgan fingerprint density at radius 3 is 2.93 bits per heavy atom. The molecular formula is C10H20N4. The lowest BCUT2D eigenvalue weighted by atomic mass is 10.2. The van der Waals surface area contributed by atoms with Crippen LogP contribution in [0.4, 0.5) is 0 Å². The number of unbranched alkanes of at least 4 members (excludes halogenated alkanes) is 2. The van der Waals surface area contributed by atoms with Crippen LogP contribution in [0.15, 0.2) is 6.20 Å². The molecule has 2 N–H and O–H groups in total. The summed E-state index contributed by atoms with van der Waals surface area (Å²) in [6.07, 6.45) is 7.67.